The standard InChI is InChI=1S/C21H24ClNO5S/c1-27-21(24)18-4-2-16(3-5-18)14-23(15-17-10-12-28-13-11-17)29(25,26)20-8-6-19(22)7-9-20/h2-9,17H,10-15H2,1H3. The predicted molar refractivity (Wildman–Crippen MR) is 110 cm³/mol. The molecule has 0 saturated carbocycles. The third-order valence-electron chi connectivity index (χ3n) is 4.99. The summed E-state index contributed by atoms with van der Waals surface area (Å²) in [7, 11) is -2.38. The number of hydrogen-bond acceptors (Lipinski definition) is 5. The fraction of sp³-hybridized carbons (Fsp3) is 0.381. The Morgan fingerprint density at radius 1 is 1.10 bits per heavy atom. The lowest BCUT2D eigenvalue weighted by Gasteiger charge is -2.29. The van der Waals surface area contributed by atoms with Gasteiger partial charge in [-0.1, -0.05) is 23.7 Å². The summed E-state index contributed by atoms with van der Waals surface area (Å²) >= 11 is 5.92. The summed E-state index contributed by atoms with van der Waals surface area (Å²) < 4.78 is 38.3. The molecule has 3 rings (SSSR count). The van der Waals surface area contributed by atoms with E-state index in [-0.39, 0.29) is 17.4 Å². The van der Waals surface area contributed by atoms with Crippen molar-refractivity contribution >= 4 is 27.6 Å². The maximum absolute atomic E-state index is 13.3. The van der Waals surface area contributed by atoms with E-state index in [9.17, 15) is 13.2 Å². The molecule has 0 bridgehead atoms. The summed E-state index contributed by atoms with van der Waals surface area (Å²) in [4.78, 5) is 11.8. The summed E-state index contributed by atoms with van der Waals surface area (Å²) in [5.41, 5.74) is 1.22. The molecule has 2 aromatic rings. The Morgan fingerprint density at radius 3 is 2.31 bits per heavy atom. The first-order chi connectivity index (χ1) is 13.9. The van der Waals surface area contributed by atoms with E-state index in [4.69, 9.17) is 21.1 Å². The molecule has 0 spiro atoms. The van der Waals surface area contributed by atoms with Gasteiger partial charge in [-0.15, -0.1) is 0 Å². The fourth-order valence-corrected chi connectivity index (χ4v) is 4.92. The largest absolute Gasteiger partial charge is 0.465 e. The van der Waals surface area contributed by atoms with Gasteiger partial charge in [0.1, 0.15) is 0 Å². The highest BCUT2D eigenvalue weighted by molar-refractivity contribution is 7.89. The van der Waals surface area contributed by atoms with Crippen molar-refractivity contribution < 1.29 is 22.7 Å². The molecule has 0 unspecified atom stereocenters. The van der Waals surface area contributed by atoms with Gasteiger partial charge in [0.05, 0.1) is 17.6 Å². The first kappa shape index (κ1) is 21.8. The van der Waals surface area contributed by atoms with E-state index in [1.165, 1.54) is 23.5 Å². The maximum atomic E-state index is 13.3. The van der Waals surface area contributed by atoms with Crippen molar-refractivity contribution in [3.63, 3.8) is 0 Å². The second-order valence-corrected chi connectivity index (χ2v) is 9.37. The number of carbonyl (C=O) groups is 1. The lowest BCUT2D eigenvalue weighted by atomic mass is 10.0. The minimum absolute atomic E-state index is 0.208. The Kier molecular flexibility index (Phi) is 7.29. The quantitative estimate of drug-likeness (QED) is 0.617. The smallest absolute Gasteiger partial charge is 0.337 e. The molecule has 1 saturated heterocycles. The van der Waals surface area contributed by atoms with E-state index in [0.29, 0.717) is 30.3 Å². The molecule has 1 fully saturated rings. The number of sulfonamides is 1. The number of methoxy groups -OCH3 is 1. The highest BCUT2D eigenvalue weighted by Crippen LogP contribution is 2.25. The van der Waals surface area contributed by atoms with Crippen LogP contribution in [0.15, 0.2) is 53.4 Å². The SMILES string of the molecule is COC(=O)c1ccc(CN(CC2CCOCC2)S(=O)(=O)c2ccc(Cl)cc2)cc1. The van der Waals surface area contributed by atoms with Crippen molar-refractivity contribution in [3.05, 3.63) is 64.7 Å². The highest BCUT2D eigenvalue weighted by atomic mass is 35.5. The van der Waals surface area contributed by atoms with Gasteiger partial charge < -0.3 is 9.47 Å². The average molecular weight is 438 g/mol. The van der Waals surface area contributed by atoms with Crippen LogP contribution in [0.2, 0.25) is 5.02 Å². The van der Waals surface area contributed by atoms with Gasteiger partial charge in [-0.05, 0) is 60.7 Å². The molecule has 1 aliphatic heterocycles. The maximum Gasteiger partial charge on any atom is 0.337 e. The lowest BCUT2D eigenvalue weighted by molar-refractivity contribution is 0.0600. The van der Waals surface area contributed by atoms with Crippen LogP contribution in [0.5, 0.6) is 0 Å². The summed E-state index contributed by atoms with van der Waals surface area (Å²) in [6.45, 7) is 1.91. The van der Waals surface area contributed by atoms with Gasteiger partial charge in [-0.3, -0.25) is 0 Å². The lowest BCUT2D eigenvalue weighted by Crippen LogP contribution is -2.36. The third-order valence-corrected chi connectivity index (χ3v) is 7.07. The highest BCUT2D eigenvalue weighted by Gasteiger charge is 2.28. The Balaban J connectivity index is 1.85. The van der Waals surface area contributed by atoms with Crippen LogP contribution in [-0.4, -0.2) is 45.6 Å². The number of benzene rings is 2. The minimum Gasteiger partial charge on any atom is -0.465 e. The molecule has 6 nitrogen and oxygen atoms in total. The first-order valence-electron chi connectivity index (χ1n) is 9.41. The van der Waals surface area contributed by atoms with E-state index < -0.39 is 16.0 Å². The normalized spacial score (nSPS) is 15.4. The van der Waals surface area contributed by atoms with Crippen LogP contribution in [0.25, 0.3) is 0 Å². The van der Waals surface area contributed by atoms with E-state index >= 15 is 0 Å². The second kappa shape index (κ2) is 9.71. The van der Waals surface area contributed by atoms with Crippen LogP contribution in [0.4, 0.5) is 0 Å². The van der Waals surface area contributed by atoms with Crippen molar-refractivity contribution in [1.82, 2.24) is 4.31 Å². The average Bonchev–Trinajstić information content (AvgIpc) is 2.74. The molecule has 1 heterocycles. The van der Waals surface area contributed by atoms with Crippen LogP contribution in [-0.2, 0) is 26.0 Å². The van der Waals surface area contributed by atoms with Crippen molar-refractivity contribution in [2.75, 3.05) is 26.9 Å². The Morgan fingerprint density at radius 2 is 1.72 bits per heavy atom. The zero-order valence-corrected chi connectivity index (χ0v) is 17.8. The van der Waals surface area contributed by atoms with Gasteiger partial charge in [0.2, 0.25) is 10.0 Å². The van der Waals surface area contributed by atoms with Gasteiger partial charge in [-0.2, -0.15) is 4.31 Å². The Bertz CT molecular complexity index is 923. The number of rotatable bonds is 7. The van der Waals surface area contributed by atoms with Crippen molar-refractivity contribution in [2.24, 2.45) is 5.92 Å². The molecule has 1 aliphatic rings. The number of carbonyl (C=O) groups excluding carboxylic acids is 1. The van der Waals surface area contributed by atoms with Gasteiger partial charge in [-0.25, -0.2) is 13.2 Å². The van der Waals surface area contributed by atoms with E-state index in [1.54, 1.807) is 36.4 Å². The predicted octanol–water partition coefficient (Wildman–Crippen LogP) is 3.74. The second-order valence-electron chi connectivity index (χ2n) is 7.00. The van der Waals surface area contributed by atoms with Gasteiger partial charge in [0, 0.05) is 31.3 Å². The monoisotopic (exact) mass is 437 g/mol. The molecular formula is C21H24ClNO5S. The summed E-state index contributed by atoms with van der Waals surface area (Å²) in [5, 5.41) is 0.485. The molecule has 0 aliphatic carbocycles. The minimum atomic E-state index is -3.70. The van der Waals surface area contributed by atoms with E-state index in [2.05, 4.69) is 0 Å². The summed E-state index contributed by atoms with van der Waals surface area (Å²) in [5.74, 6) is -0.190. The molecular weight excluding hydrogens is 414 g/mol. The van der Waals surface area contributed by atoms with Gasteiger partial charge in [0.25, 0.3) is 0 Å². The Hall–Kier alpha value is -1.93. The van der Waals surface area contributed by atoms with Crippen molar-refractivity contribution in [2.45, 2.75) is 24.3 Å². The summed E-state index contributed by atoms with van der Waals surface area (Å²) in [6.07, 6.45) is 1.65. The molecule has 29 heavy (non-hydrogen) atoms. The molecule has 0 radical (unpaired) electrons. The molecule has 2 aromatic carbocycles. The van der Waals surface area contributed by atoms with Crippen LogP contribution in [0.1, 0.15) is 28.8 Å². The summed E-state index contributed by atoms with van der Waals surface area (Å²) in [6, 6.07) is 13.0. The van der Waals surface area contributed by atoms with Crippen molar-refractivity contribution in [3.8, 4) is 0 Å². The third kappa shape index (κ3) is 5.57. The molecule has 0 N–H and O–H groups in total. The molecule has 0 atom stereocenters. The molecule has 0 amide bonds. The fourth-order valence-electron chi connectivity index (χ4n) is 3.29. The van der Waals surface area contributed by atoms with E-state index in [1.807, 2.05) is 0 Å². The van der Waals surface area contributed by atoms with Crippen LogP contribution in [0.3, 0.4) is 0 Å². The molecule has 8 heteroatoms. The van der Waals surface area contributed by atoms with Crippen LogP contribution < -0.4 is 0 Å². The number of ether oxygens (including phenoxy) is 2. The van der Waals surface area contributed by atoms with Gasteiger partial charge in [0.15, 0.2) is 0 Å². The zero-order valence-electron chi connectivity index (χ0n) is 16.2. The first-order valence-corrected chi connectivity index (χ1v) is 11.2. The van der Waals surface area contributed by atoms with E-state index in [0.717, 1.165) is 18.4 Å². The number of esters is 1. The zero-order chi connectivity index (χ0) is 20.9. The molecule has 0 aromatic heterocycles. The Labute approximate surface area is 176 Å². The van der Waals surface area contributed by atoms with Crippen LogP contribution in [0, 0.1) is 5.92 Å². The van der Waals surface area contributed by atoms with Gasteiger partial charge >= 0.3 is 5.97 Å². The number of hydrogen-bond donors (Lipinski definition) is 0. The molecule has 156 valence electrons. The topological polar surface area (TPSA) is 72.9 Å². The van der Waals surface area contributed by atoms with Crippen LogP contribution >= 0.6 is 11.6 Å². The number of halogens is 1. The number of nitrogens with zero attached hydrogens (tertiary/aromatic N) is 1. The van der Waals surface area contributed by atoms with Crippen molar-refractivity contribution in [1.29, 1.82) is 0 Å².